The fourth-order valence-corrected chi connectivity index (χ4v) is 3.49. The van der Waals surface area contributed by atoms with Gasteiger partial charge in [-0.25, -0.2) is 4.79 Å². The molecular weight excluding hydrogens is 324 g/mol. The van der Waals surface area contributed by atoms with Crippen LogP contribution in [0.5, 0.6) is 5.75 Å². The second-order valence-electron chi connectivity index (χ2n) is 8.07. The van der Waals surface area contributed by atoms with Gasteiger partial charge in [0.05, 0.1) is 0 Å². The maximum atomic E-state index is 12.7. The molecule has 1 N–H and O–H groups in total. The summed E-state index contributed by atoms with van der Waals surface area (Å²) in [6.07, 6.45) is 0.886. The highest BCUT2D eigenvalue weighted by Crippen LogP contribution is 2.33. The Bertz CT molecular complexity index is 808. The summed E-state index contributed by atoms with van der Waals surface area (Å²) in [4.78, 5) is 14.5. The highest BCUT2D eigenvalue weighted by Gasteiger charge is 2.30. The van der Waals surface area contributed by atoms with Crippen LogP contribution in [-0.2, 0) is 11.8 Å². The molecule has 0 fully saturated rings. The van der Waals surface area contributed by atoms with E-state index in [0.717, 1.165) is 23.4 Å². The second kappa shape index (κ2) is 7.02. The third kappa shape index (κ3) is 3.69. The van der Waals surface area contributed by atoms with Crippen molar-refractivity contribution in [2.24, 2.45) is 0 Å². The van der Waals surface area contributed by atoms with Crippen LogP contribution in [-0.4, -0.2) is 18.8 Å². The predicted molar refractivity (Wildman–Crippen MR) is 106 cm³/mol. The Balaban J connectivity index is 1.67. The maximum absolute atomic E-state index is 12.7. The van der Waals surface area contributed by atoms with Crippen LogP contribution in [0.15, 0.2) is 42.5 Å². The molecule has 1 aliphatic heterocycles. The molecule has 2 aromatic rings. The number of anilines is 1. The second-order valence-corrected chi connectivity index (χ2v) is 8.07. The zero-order valence-corrected chi connectivity index (χ0v) is 16.3. The van der Waals surface area contributed by atoms with E-state index < -0.39 is 0 Å². The summed E-state index contributed by atoms with van der Waals surface area (Å²) < 4.78 is 5.91. The van der Waals surface area contributed by atoms with Crippen molar-refractivity contribution in [3.8, 4) is 5.75 Å². The van der Waals surface area contributed by atoms with Crippen LogP contribution in [0.1, 0.15) is 44.4 Å². The minimum atomic E-state index is -0.119. The molecule has 0 bridgehead atoms. The molecular formula is C22H28N2O2. The van der Waals surface area contributed by atoms with Gasteiger partial charge < -0.3 is 10.1 Å². The first-order chi connectivity index (χ1) is 12.3. The SMILES string of the molecule is Cc1ccc(OCNC(=O)N2c3ccccc3CC2C)c(C(C)(C)C)c1. The molecule has 1 heterocycles. The number of benzene rings is 2. The summed E-state index contributed by atoms with van der Waals surface area (Å²) in [6, 6.07) is 14.3. The number of amides is 2. The summed E-state index contributed by atoms with van der Waals surface area (Å²) in [6.45, 7) is 10.8. The number of hydrogen-bond acceptors (Lipinski definition) is 2. The van der Waals surface area contributed by atoms with Crippen LogP contribution < -0.4 is 15.0 Å². The number of para-hydroxylation sites is 1. The first-order valence-electron chi connectivity index (χ1n) is 9.16. The Morgan fingerprint density at radius 3 is 2.69 bits per heavy atom. The Hall–Kier alpha value is -2.49. The van der Waals surface area contributed by atoms with E-state index in [1.54, 1.807) is 0 Å². The number of aryl methyl sites for hydroxylation is 1. The van der Waals surface area contributed by atoms with Gasteiger partial charge in [-0.05, 0) is 48.9 Å². The zero-order valence-electron chi connectivity index (χ0n) is 16.3. The molecule has 2 aromatic carbocycles. The third-order valence-corrected chi connectivity index (χ3v) is 4.82. The monoisotopic (exact) mass is 352 g/mol. The number of nitrogens with one attached hydrogen (secondary N) is 1. The van der Waals surface area contributed by atoms with Gasteiger partial charge in [-0.3, -0.25) is 4.90 Å². The quantitative estimate of drug-likeness (QED) is 0.807. The van der Waals surface area contributed by atoms with Gasteiger partial charge >= 0.3 is 6.03 Å². The summed E-state index contributed by atoms with van der Waals surface area (Å²) in [7, 11) is 0. The number of rotatable bonds is 3. The van der Waals surface area contributed by atoms with Gasteiger partial charge in [0.1, 0.15) is 5.75 Å². The highest BCUT2D eigenvalue weighted by atomic mass is 16.5. The summed E-state index contributed by atoms with van der Waals surface area (Å²) >= 11 is 0. The van der Waals surface area contributed by atoms with Gasteiger partial charge in [-0.1, -0.05) is 56.7 Å². The zero-order chi connectivity index (χ0) is 18.9. The van der Waals surface area contributed by atoms with Crippen LogP contribution in [0.25, 0.3) is 0 Å². The number of nitrogens with zero attached hydrogens (tertiary/aromatic N) is 1. The van der Waals surface area contributed by atoms with E-state index in [2.05, 4.69) is 52.1 Å². The Labute approximate surface area is 156 Å². The normalized spacial score (nSPS) is 16.3. The lowest BCUT2D eigenvalue weighted by molar-refractivity contribution is 0.227. The molecule has 0 radical (unpaired) electrons. The number of ether oxygens (including phenoxy) is 1. The number of fused-ring (bicyclic) bond motifs is 1. The van der Waals surface area contributed by atoms with Crippen LogP contribution >= 0.6 is 0 Å². The fourth-order valence-electron chi connectivity index (χ4n) is 3.49. The predicted octanol–water partition coefficient (Wildman–Crippen LogP) is 4.79. The average molecular weight is 352 g/mol. The average Bonchev–Trinajstić information content (AvgIpc) is 2.91. The molecule has 1 unspecified atom stereocenters. The van der Waals surface area contributed by atoms with Gasteiger partial charge in [0.15, 0.2) is 6.73 Å². The Kier molecular flexibility index (Phi) is 4.94. The number of urea groups is 1. The fraction of sp³-hybridized carbons (Fsp3) is 0.409. The molecule has 3 rings (SSSR count). The van der Waals surface area contributed by atoms with Gasteiger partial charge in [-0.15, -0.1) is 0 Å². The first-order valence-corrected chi connectivity index (χ1v) is 9.16. The lowest BCUT2D eigenvalue weighted by Gasteiger charge is -2.25. The van der Waals surface area contributed by atoms with E-state index >= 15 is 0 Å². The largest absolute Gasteiger partial charge is 0.473 e. The van der Waals surface area contributed by atoms with E-state index in [1.807, 2.05) is 35.2 Å². The van der Waals surface area contributed by atoms with Crippen molar-refractivity contribution < 1.29 is 9.53 Å². The molecule has 1 aliphatic rings. The van der Waals surface area contributed by atoms with Crippen molar-refractivity contribution in [1.82, 2.24) is 5.32 Å². The molecule has 4 nitrogen and oxygen atoms in total. The molecule has 0 saturated heterocycles. The van der Waals surface area contributed by atoms with Crippen LogP contribution in [0.4, 0.5) is 10.5 Å². The first kappa shape index (κ1) is 18.3. The van der Waals surface area contributed by atoms with Gasteiger partial charge in [0.2, 0.25) is 0 Å². The van der Waals surface area contributed by atoms with Crippen molar-refractivity contribution in [2.45, 2.75) is 52.5 Å². The van der Waals surface area contributed by atoms with Gasteiger partial charge in [0, 0.05) is 11.7 Å². The molecule has 0 aromatic heterocycles. The van der Waals surface area contributed by atoms with Crippen LogP contribution in [0.2, 0.25) is 0 Å². The highest BCUT2D eigenvalue weighted by molar-refractivity contribution is 5.94. The summed E-state index contributed by atoms with van der Waals surface area (Å²) in [5, 5.41) is 2.90. The maximum Gasteiger partial charge on any atom is 0.324 e. The smallest absolute Gasteiger partial charge is 0.324 e. The van der Waals surface area contributed by atoms with E-state index in [-0.39, 0.29) is 24.2 Å². The number of hydrogen-bond donors (Lipinski definition) is 1. The van der Waals surface area contributed by atoms with Crippen molar-refractivity contribution in [2.75, 3.05) is 11.6 Å². The van der Waals surface area contributed by atoms with Gasteiger partial charge in [0.25, 0.3) is 0 Å². The van der Waals surface area contributed by atoms with Crippen molar-refractivity contribution >= 4 is 11.7 Å². The lowest BCUT2D eigenvalue weighted by atomic mass is 9.85. The molecule has 26 heavy (non-hydrogen) atoms. The van der Waals surface area contributed by atoms with Gasteiger partial charge in [-0.2, -0.15) is 0 Å². The molecule has 0 spiro atoms. The standard InChI is InChI=1S/C22H28N2O2/c1-15-10-11-20(18(12-15)22(3,4)5)26-14-23-21(25)24-16(2)13-17-8-6-7-9-19(17)24/h6-12,16H,13-14H2,1-5H3,(H,23,25). The van der Waals surface area contributed by atoms with E-state index in [1.165, 1.54) is 11.1 Å². The molecule has 0 aliphatic carbocycles. The van der Waals surface area contributed by atoms with Crippen LogP contribution in [0, 0.1) is 6.92 Å². The minimum absolute atomic E-state index is 0.0201. The molecule has 4 heteroatoms. The van der Waals surface area contributed by atoms with Crippen molar-refractivity contribution in [3.63, 3.8) is 0 Å². The molecule has 1 atom stereocenters. The van der Waals surface area contributed by atoms with Crippen molar-refractivity contribution in [1.29, 1.82) is 0 Å². The van der Waals surface area contributed by atoms with Crippen LogP contribution in [0.3, 0.4) is 0 Å². The third-order valence-electron chi connectivity index (χ3n) is 4.82. The summed E-state index contributed by atoms with van der Waals surface area (Å²) in [5.41, 5.74) is 4.53. The molecule has 138 valence electrons. The Morgan fingerprint density at radius 1 is 1.23 bits per heavy atom. The molecule has 0 saturated carbocycles. The topological polar surface area (TPSA) is 41.6 Å². The van der Waals surface area contributed by atoms with E-state index in [4.69, 9.17) is 4.74 Å². The van der Waals surface area contributed by atoms with E-state index in [0.29, 0.717) is 0 Å². The number of carbonyl (C=O) groups is 1. The Morgan fingerprint density at radius 2 is 1.96 bits per heavy atom. The number of carbonyl (C=O) groups excluding carboxylic acids is 1. The minimum Gasteiger partial charge on any atom is -0.473 e. The summed E-state index contributed by atoms with van der Waals surface area (Å²) in [5.74, 6) is 0.818. The van der Waals surface area contributed by atoms with Crippen molar-refractivity contribution in [3.05, 3.63) is 59.2 Å². The lowest BCUT2D eigenvalue weighted by Crippen LogP contribution is -2.44. The van der Waals surface area contributed by atoms with E-state index in [9.17, 15) is 4.79 Å². The molecule has 2 amide bonds.